The Morgan fingerprint density at radius 2 is 1.85 bits per heavy atom. The SMILES string of the molecule is C=C1C(=C)C(NCc2cc(CC)ccc2F)=C1N.CC. The van der Waals surface area contributed by atoms with E-state index in [9.17, 15) is 4.39 Å². The molecule has 0 saturated carbocycles. The van der Waals surface area contributed by atoms with Crippen molar-refractivity contribution in [1.82, 2.24) is 5.32 Å². The highest BCUT2D eigenvalue weighted by atomic mass is 19.1. The molecule has 108 valence electrons. The molecule has 0 amide bonds. The van der Waals surface area contributed by atoms with Crippen LogP contribution >= 0.6 is 0 Å². The van der Waals surface area contributed by atoms with Crippen molar-refractivity contribution in [2.75, 3.05) is 0 Å². The summed E-state index contributed by atoms with van der Waals surface area (Å²) in [5.74, 6) is -0.206. The molecule has 2 rings (SSSR count). The summed E-state index contributed by atoms with van der Waals surface area (Å²) in [6, 6.07) is 5.17. The van der Waals surface area contributed by atoms with Crippen molar-refractivity contribution >= 4 is 0 Å². The molecule has 1 aromatic carbocycles. The summed E-state index contributed by atoms with van der Waals surface area (Å²) in [7, 11) is 0. The molecular formula is C17H23FN2. The van der Waals surface area contributed by atoms with E-state index < -0.39 is 0 Å². The summed E-state index contributed by atoms with van der Waals surface area (Å²) in [5, 5.41) is 3.11. The highest BCUT2D eigenvalue weighted by Crippen LogP contribution is 2.32. The average molecular weight is 274 g/mol. The number of nitrogens with one attached hydrogen (secondary N) is 1. The van der Waals surface area contributed by atoms with Gasteiger partial charge in [-0.3, -0.25) is 0 Å². The van der Waals surface area contributed by atoms with Crippen molar-refractivity contribution in [3.63, 3.8) is 0 Å². The molecule has 2 nitrogen and oxygen atoms in total. The molecule has 0 saturated heterocycles. The largest absolute Gasteiger partial charge is 0.397 e. The fraction of sp³-hybridized carbons (Fsp3) is 0.294. The molecule has 3 heteroatoms. The van der Waals surface area contributed by atoms with Crippen molar-refractivity contribution in [3.05, 3.63) is 70.8 Å². The van der Waals surface area contributed by atoms with E-state index in [1.807, 2.05) is 26.8 Å². The standard InChI is InChI=1S/C15H17FN2.C2H6/c1-4-11-5-6-13(16)12(7-11)8-18-15-10(3)9(2)14(15)17;1-2/h5-7,18H,2-4,8,17H2,1H3;1-2H3. The minimum Gasteiger partial charge on any atom is -0.397 e. The molecule has 0 unspecified atom stereocenters. The monoisotopic (exact) mass is 274 g/mol. The van der Waals surface area contributed by atoms with Gasteiger partial charge >= 0.3 is 0 Å². The molecule has 0 spiro atoms. The topological polar surface area (TPSA) is 38.0 Å². The third kappa shape index (κ3) is 3.10. The Labute approximate surface area is 120 Å². The lowest BCUT2D eigenvalue weighted by atomic mass is 9.90. The first kappa shape index (κ1) is 16.0. The third-order valence-corrected chi connectivity index (χ3v) is 3.23. The Morgan fingerprint density at radius 1 is 1.20 bits per heavy atom. The fourth-order valence-corrected chi connectivity index (χ4v) is 1.93. The van der Waals surface area contributed by atoms with E-state index in [1.165, 1.54) is 6.07 Å². The quantitative estimate of drug-likeness (QED) is 0.876. The van der Waals surface area contributed by atoms with Crippen molar-refractivity contribution < 1.29 is 4.39 Å². The molecule has 3 N–H and O–H groups in total. The summed E-state index contributed by atoms with van der Waals surface area (Å²) in [4.78, 5) is 0. The summed E-state index contributed by atoms with van der Waals surface area (Å²) in [6.07, 6.45) is 0.891. The lowest BCUT2D eigenvalue weighted by Gasteiger charge is -2.27. The number of hydrogen-bond donors (Lipinski definition) is 2. The van der Waals surface area contributed by atoms with Crippen molar-refractivity contribution in [3.8, 4) is 0 Å². The molecule has 0 fully saturated rings. The van der Waals surface area contributed by atoms with Crippen LogP contribution in [0.15, 0.2) is 53.9 Å². The predicted molar refractivity (Wildman–Crippen MR) is 83.5 cm³/mol. The number of nitrogens with two attached hydrogens (primary N) is 1. The Balaban J connectivity index is 0.000000956. The van der Waals surface area contributed by atoms with Gasteiger partial charge in [-0.1, -0.05) is 46.1 Å². The number of halogens is 1. The van der Waals surface area contributed by atoms with E-state index in [-0.39, 0.29) is 5.82 Å². The van der Waals surface area contributed by atoms with Crippen molar-refractivity contribution in [2.24, 2.45) is 5.73 Å². The Bertz CT molecular complexity index is 556. The van der Waals surface area contributed by atoms with E-state index in [2.05, 4.69) is 18.5 Å². The van der Waals surface area contributed by atoms with Crippen LogP contribution in [0.1, 0.15) is 31.9 Å². The first-order valence-electron chi connectivity index (χ1n) is 6.94. The van der Waals surface area contributed by atoms with Gasteiger partial charge in [0.25, 0.3) is 0 Å². The second-order valence-electron chi connectivity index (χ2n) is 4.38. The molecular weight excluding hydrogens is 251 g/mol. The highest BCUT2D eigenvalue weighted by Gasteiger charge is 2.23. The minimum absolute atomic E-state index is 0.206. The van der Waals surface area contributed by atoms with Crippen LogP contribution in [0.5, 0.6) is 0 Å². The molecule has 1 aliphatic carbocycles. The molecule has 1 aliphatic rings. The molecule has 0 atom stereocenters. The molecule has 0 radical (unpaired) electrons. The maximum Gasteiger partial charge on any atom is 0.128 e. The van der Waals surface area contributed by atoms with Gasteiger partial charge in [-0.25, -0.2) is 4.39 Å². The predicted octanol–water partition coefficient (Wildman–Crippen LogP) is 3.80. The lowest BCUT2D eigenvalue weighted by Crippen LogP contribution is -2.28. The fourth-order valence-electron chi connectivity index (χ4n) is 1.93. The zero-order chi connectivity index (χ0) is 15.3. The molecule has 0 aliphatic heterocycles. The zero-order valence-corrected chi connectivity index (χ0v) is 12.5. The third-order valence-electron chi connectivity index (χ3n) is 3.23. The van der Waals surface area contributed by atoms with Crippen LogP contribution < -0.4 is 11.1 Å². The van der Waals surface area contributed by atoms with Crippen molar-refractivity contribution in [2.45, 2.75) is 33.7 Å². The smallest absolute Gasteiger partial charge is 0.128 e. The Morgan fingerprint density at radius 3 is 2.40 bits per heavy atom. The van der Waals surface area contributed by atoms with Crippen molar-refractivity contribution in [1.29, 1.82) is 0 Å². The van der Waals surface area contributed by atoms with Gasteiger partial charge in [0.1, 0.15) is 5.82 Å². The number of benzene rings is 1. The minimum atomic E-state index is -0.206. The van der Waals surface area contributed by atoms with E-state index in [0.717, 1.165) is 28.8 Å². The van der Waals surface area contributed by atoms with Gasteiger partial charge in [-0.15, -0.1) is 0 Å². The lowest BCUT2D eigenvalue weighted by molar-refractivity contribution is 0.599. The normalized spacial score (nSPS) is 13.6. The number of rotatable bonds is 4. The second-order valence-corrected chi connectivity index (χ2v) is 4.38. The number of allylic oxidation sites excluding steroid dienone is 2. The Hall–Kier alpha value is -2.03. The first-order valence-corrected chi connectivity index (χ1v) is 6.94. The van der Waals surface area contributed by atoms with Crippen LogP contribution in [0, 0.1) is 5.82 Å². The van der Waals surface area contributed by atoms with Gasteiger partial charge in [0.2, 0.25) is 0 Å². The van der Waals surface area contributed by atoms with E-state index in [0.29, 0.717) is 17.8 Å². The highest BCUT2D eigenvalue weighted by molar-refractivity contribution is 5.65. The van der Waals surface area contributed by atoms with Crippen LogP contribution in [0.3, 0.4) is 0 Å². The van der Waals surface area contributed by atoms with Gasteiger partial charge in [0.15, 0.2) is 0 Å². The molecule has 20 heavy (non-hydrogen) atoms. The Kier molecular flexibility index (Phi) is 5.56. The van der Waals surface area contributed by atoms with Crippen LogP contribution in [0.2, 0.25) is 0 Å². The summed E-state index contributed by atoms with van der Waals surface area (Å²) in [6.45, 7) is 14.1. The first-order chi connectivity index (χ1) is 9.54. The van der Waals surface area contributed by atoms with Gasteiger partial charge in [-0.2, -0.15) is 0 Å². The van der Waals surface area contributed by atoms with Crippen LogP contribution in [0.25, 0.3) is 0 Å². The average Bonchev–Trinajstić information content (AvgIpc) is 2.50. The molecule has 1 aromatic rings. The van der Waals surface area contributed by atoms with Gasteiger partial charge in [0.05, 0.1) is 11.4 Å². The van der Waals surface area contributed by atoms with E-state index in [1.54, 1.807) is 6.07 Å². The molecule has 0 aromatic heterocycles. The van der Waals surface area contributed by atoms with Gasteiger partial charge < -0.3 is 11.1 Å². The second kappa shape index (κ2) is 6.94. The maximum atomic E-state index is 13.6. The van der Waals surface area contributed by atoms with Crippen LogP contribution in [0.4, 0.5) is 4.39 Å². The van der Waals surface area contributed by atoms with Gasteiger partial charge in [-0.05, 0) is 18.1 Å². The zero-order valence-electron chi connectivity index (χ0n) is 12.5. The van der Waals surface area contributed by atoms with Crippen LogP contribution in [-0.2, 0) is 13.0 Å². The molecule has 0 heterocycles. The number of hydrogen-bond acceptors (Lipinski definition) is 2. The maximum absolute atomic E-state index is 13.6. The van der Waals surface area contributed by atoms with E-state index >= 15 is 0 Å². The van der Waals surface area contributed by atoms with Gasteiger partial charge in [0, 0.05) is 23.3 Å². The summed E-state index contributed by atoms with van der Waals surface area (Å²) < 4.78 is 13.6. The summed E-state index contributed by atoms with van der Waals surface area (Å²) >= 11 is 0. The number of aryl methyl sites for hydroxylation is 1. The summed E-state index contributed by atoms with van der Waals surface area (Å²) in [5.41, 5.74) is 10.5. The van der Waals surface area contributed by atoms with E-state index in [4.69, 9.17) is 5.73 Å². The molecule has 0 bridgehead atoms. The van der Waals surface area contributed by atoms with Crippen LogP contribution in [-0.4, -0.2) is 0 Å².